The molecular weight excluding hydrogens is 439 g/mol. The second-order valence-corrected chi connectivity index (χ2v) is 9.24. The van der Waals surface area contributed by atoms with Crippen LogP contribution in [0.1, 0.15) is 62.5 Å². The molecule has 2 atom stereocenters. The van der Waals surface area contributed by atoms with E-state index in [1.54, 1.807) is 18.0 Å². The van der Waals surface area contributed by atoms with E-state index >= 15 is 0 Å². The Kier molecular flexibility index (Phi) is 9.13. The van der Waals surface area contributed by atoms with Gasteiger partial charge in [0.2, 0.25) is 0 Å². The Morgan fingerprint density at radius 3 is 2.62 bits per heavy atom. The Hall–Kier alpha value is -1.45. The van der Waals surface area contributed by atoms with E-state index < -0.39 is 11.7 Å². The number of ether oxygens (including phenoxy) is 1. The molecule has 0 spiro atoms. The van der Waals surface area contributed by atoms with Gasteiger partial charge in [0.1, 0.15) is 0 Å². The number of hydrogen-bond donors (Lipinski definition) is 2. The fourth-order valence-corrected chi connectivity index (χ4v) is 5.40. The van der Waals surface area contributed by atoms with Crippen LogP contribution in [0.3, 0.4) is 0 Å². The first-order chi connectivity index (χ1) is 15.3. The fourth-order valence-electron chi connectivity index (χ4n) is 4.82. The highest BCUT2D eigenvalue weighted by atomic mass is 32.2. The van der Waals surface area contributed by atoms with Gasteiger partial charge in [-0.3, -0.25) is 4.72 Å². The lowest BCUT2D eigenvalue weighted by Crippen LogP contribution is -2.59. The number of urea groups is 1. The third kappa shape index (κ3) is 6.54. The van der Waals surface area contributed by atoms with Crippen LogP contribution in [0, 0.1) is 0 Å². The lowest BCUT2D eigenvalue weighted by Gasteiger charge is -2.42. The van der Waals surface area contributed by atoms with E-state index in [1.165, 1.54) is 12.1 Å². The molecule has 180 valence electrons. The van der Waals surface area contributed by atoms with Crippen LogP contribution in [-0.2, 0) is 10.9 Å². The topological polar surface area (TPSA) is 53.6 Å². The quantitative estimate of drug-likeness (QED) is 0.536. The zero-order chi connectivity index (χ0) is 23.1. The van der Waals surface area contributed by atoms with Gasteiger partial charge in [-0.1, -0.05) is 30.1 Å². The molecule has 32 heavy (non-hydrogen) atoms. The first-order valence-corrected chi connectivity index (χ1v) is 12.7. The summed E-state index contributed by atoms with van der Waals surface area (Å²) in [5.74, 6) is 0.129. The lowest BCUT2D eigenvalue weighted by molar-refractivity contribution is -0.137. The summed E-state index contributed by atoms with van der Waals surface area (Å²) >= 11 is 1.56. The van der Waals surface area contributed by atoms with Crippen molar-refractivity contribution in [1.29, 1.82) is 0 Å². The van der Waals surface area contributed by atoms with Crippen LogP contribution >= 0.6 is 11.9 Å². The van der Waals surface area contributed by atoms with Gasteiger partial charge in [-0.05, 0) is 69.3 Å². The molecule has 1 saturated heterocycles. The third-order valence-electron chi connectivity index (χ3n) is 6.50. The predicted octanol–water partition coefficient (Wildman–Crippen LogP) is 5.18. The van der Waals surface area contributed by atoms with Gasteiger partial charge in [-0.2, -0.15) is 13.2 Å². The van der Waals surface area contributed by atoms with Crippen LogP contribution in [0.25, 0.3) is 0 Å². The molecule has 1 heterocycles. The summed E-state index contributed by atoms with van der Waals surface area (Å²) in [5.41, 5.74) is 0.181. The maximum atomic E-state index is 13.0. The van der Waals surface area contributed by atoms with Crippen molar-refractivity contribution in [1.82, 2.24) is 14.9 Å². The third-order valence-corrected chi connectivity index (χ3v) is 7.04. The average molecular weight is 474 g/mol. The molecule has 1 saturated carbocycles. The number of carbonyl (C=O) groups is 1. The van der Waals surface area contributed by atoms with E-state index in [4.69, 9.17) is 4.74 Å². The Bertz CT molecular complexity index is 739. The molecule has 1 aromatic carbocycles. The van der Waals surface area contributed by atoms with Crippen molar-refractivity contribution in [2.75, 3.05) is 26.0 Å². The molecule has 0 bridgehead atoms. The average Bonchev–Trinajstić information content (AvgIpc) is 2.78. The highest BCUT2D eigenvalue weighted by molar-refractivity contribution is 7.96. The van der Waals surface area contributed by atoms with Crippen LogP contribution in [0.15, 0.2) is 24.3 Å². The smallest absolute Gasteiger partial charge is 0.376 e. The largest absolute Gasteiger partial charge is 0.416 e. The maximum Gasteiger partial charge on any atom is 0.416 e. The molecule has 5 nitrogen and oxygen atoms in total. The Morgan fingerprint density at radius 2 is 1.97 bits per heavy atom. The minimum absolute atomic E-state index is 0.0380. The van der Waals surface area contributed by atoms with Crippen molar-refractivity contribution in [3.63, 3.8) is 0 Å². The number of rotatable bonds is 7. The van der Waals surface area contributed by atoms with Gasteiger partial charge >= 0.3 is 12.2 Å². The van der Waals surface area contributed by atoms with Gasteiger partial charge in [0.15, 0.2) is 0 Å². The number of likely N-dealkylation sites (tertiary alicyclic amines) is 1. The number of halogens is 3. The van der Waals surface area contributed by atoms with Crippen molar-refractivity contribution in [2.45, 2.75) is 75.7 Å². The molecule has 2 N–H and O–H groups in total. The van der Waals surface area contributed by atoms with E-state index in [-0.39, 0.29) is 30.1 Å². The monoisotopic (exact) mass is 473 g/mol. The maximum absolute atomic E-state index is 13.0. The lowest BCUT2D eigenvalue weighted by atomic mass is 9.82. The predicted molar refractivity (Wildman–Crippen MR) is 122 cm³/mol. The summed E-state index contributed by atoms with van der Waals surface area (Å²) in [6, 6.07) is 5.79. The van der Waals surface area contributed by atoms with Crippen molar-refractivity contribution in [2.24, 2.45) is 0 Å². The standard InChI is InChI=1S/C23H34F3N3O2S/c1-3-27-22(30)29-13-5-8-20(28-32-2)21(29)15-31-19-11-9-16(10-12-19)17-6-4-7-18(14-17)23(24,25)26/h4,6-7,14,16,19-21,28H,3,5,8-13,15H2,1-2H3,(H,27,30)/t16?,19?,20-,21-/m0/s1. The molecule has 0 radical (unpaired) electrons. The number of nitrogens with zero attached hydrogens (tertiary/aromatic N) is 1. The number of carbonyl (C=O) groups excluding carboxylic acids is 1. The zero-order valence-corrected chi connectivity index (χ0v) is 19.6. The summed E-state index contributed by atoms with van der Waals surface area (Å²) in [5, 5.41) is 2.90. The second-order valence-electron chi connectivity index (χ2n) is 8.60. The molecule has 9 heteroatoms. The van der Waals surface area contributed by atoms with Gasteiger partial charge < -0.3 is 15.0 Å². The van der Waals surface area contributed by atoms with Crippen LogP contribution in [0.2, 0.25) is 0 Å². The number of amides is 2. The van der Waals surface area contributed by atoms with Gasteiger partial charge in [0.25, 0.3) is 0 Å². The van der Waals surface area contributed by atoms with Gasteiger partial charge in [-0.15, -0.1) is 0 Å². The number of nitrogens with one attached hydrogen (secondary N) is 2. The molecule has 0 aromatic heterocycles. The Morgan fingerprint density at radius 1 is 1.22 bits per heavy atom. The molecule has 2 fully saturated rings. The van der Waals surface area contributed by atoms with Gasteiger partial charge in [-0.25, -0.2) is 4.79 Å². The molecule has 3 rings (SSSR count). The van der Waals surface area contributed by atoms with Crippen molar-refractivity contribution < 1.29 is 22.7 Å². The van der Waals surface area contributed by atoms with Crippen LogP contribution < -0.4 is 10.0 Å². The summed E-state index contributed by atoms with van der Waals surface area (Å²) in [6.45, 7) is 3.68. The van der Waals surface area contributed by atoms with Crippen LogP contribution in [0.4, 0.5) is 18.0 Å². The molecule has 1 aliphatic heterocycles. The first-order valence-electron chi connectivity index (χ1n) is 11.4. The summed E-state index contributed by atoms with van der Waals surface area (Å²) in [6.07, 6.45) is 2.94. The second kappa shape index (κ2) is 11.6. The minimum atomic E-state index is -4.31. The SMILES string of the molecule is CCNC(=O)N1CCC[C@H](NSC)[C@@H]1COC1CCC(c2cccc(C(F)(F)F)c2)CC1. The minimum Gasteiger partial charge on any atom is -0.376 e. The number of hydrogen-bond acceptors (Lipinski definition) is 4. The van der Waals surface area contributed by atoms with Gasteiger partial charge in [0.05, 0.1) is 24.3 Å². The van der Waals surface area contributed by atoms with E-state index in [2.05, 4.69) is 10.0 Å². The van der Waals surface area contributed by atoms with Crippen molar-refractivity contribution in [3.05, 3.63) is 35.4 Å². The molecule has 1 aromatic rings. The van der Waals surface area contributed by atoms with E-state index in [0.717, 1.165) is 50.2 Å². The summed E-state index contributed by atoms with van der Waals surface area (Å²) < 4.78 is 48.8. The molecule has 2 amide bonds. The van der Waals surface area contributed by atoms with Crippen LogP contribution in [0.5, 0.6) is 0 Å². The van der Waals surface area contributed by atoms with Crippen molar-refractivity contribution in [3.8, 4) is 0 Å². The summed E-state index contributed by atoms with van der Waals surface area (Å²) in [4.78, 5) is 14.4. The highest BCUT2D eigenvalue weighted by Crippen LogP contribution is 2.37. The summed E-state index contributed by atoms with van der Waals surface area (Å²) in [7, 11) is 0. The number of alkyl halides is 3. The molecule has 0 unspecified atom stereocenters. The van der Waals surface area contributed by atoms with E-state index in [0.29, 0.717) is 19.7 Å². The first kappa shape index (κ1) is 25.2. The van der Waals surface area contributed by atoms with E-state index in [9.17, 15) is 18.0 Å². The zero-order valence-electron chi connectivity index (χ0n) is 18.8. The molecular formula is C23H34F3N3O2S. The van der Waals surface area contributed by atoms with Crippen LogP contribution in [-0.4, -0.2) is 55.1 Å². The molecule has 2 aliphatic rings. The Labute approximate surface area is 193 Å². The number of benzene rings is 1. The van der Waals surface area contributed by atoms with Crippen molar-refractivity contribution >= 4 is 18.0 Å². The van der Waals surface area contributed by atoms with E-state index in [1.807, 2.05) is 18.1 Å². The normalized spacial score (nSPS) is 26.7. The molecule has 1 aliphatic carbocycles. The highest BCUT2D eigenvalue weighted by Gasteiger charge is 2.36. The number of piperidine rings is 1. The van der Waals surface area contributed by atoms with Gasteiger partial charge in [0, 0.05) is 19.1 Å². The fraction of sp³-hybridized carbons (Fsp3) is 0.696. The Balaban J connectivity index is 1.56.